The third kappa shape index (κ3) is 2.14. The van der Waals surface area contributed by atoms with Crippen molar-refractivity contribution >= 4 is 0 Å². The van der Waals surface area contributed by atoms with Gasteiger partial charge in [-0.3, -0.25) is 0 Å². The lowest BCUT2D eigenvalue weighted by atomic mass is 9.85. The Morgan fingerprint density at radius 3 is 2.50 bits per heavy atom. The van der Waals surface area contributed by atoms with Crippen molar-refractivity contribution in [2.45, 2.75) is 19.5 Å². The molecule has 1 spiro atoms. The molecule has 38 heavy (non-hydrogen) atoms. The molecule has 0 saturated carbocycles. The Labute approximate surface area is 217 Å². The van der Waals surface area contributed by atoms with Crippen LogP contribution >= 0.6 is 0 Å². The molecule has 6 aromatic rings. The molecule has 180 valence electrons. The van der Waals surface area contributed by atoms with Gasteiger partial charge in [-0.1, -0.05) is 24.3 Å². The number of fused-ring (bicyclic) bond motifs is 4. The number of benzene rings is 3. The maximum Gasteiger partial charge on any atom is 0.447 e. The van der Waals surface area contributed by atoms with Gasteiger partial charge in [0.05, 0.1) is 16.8 Å². The van der Waals surface area contributed by atoms with Gasteiger partial charge in [-0.15, -0.1) is 19.4 Å². The molecule has 0 radical (unpaired) electrons. The van der Waals surface area contributed by atoms with Gasteiger partial charge >= 0.3 is 5.66 Å². The largest absolute Gasteiger partial charge is 0.455 e. The van der Waals surface area contributed by atoms with Crippen molar-refractivity contribution in [2.24, 2.45) is 0 Å². The van der Waals surface area contributed by atoms with Crippen molar-refractivity contribution in [1.29, 1.82) is 0 Å². The standard InChI is InChI=1S/C31H21N5O2/c1-18-17-19(2)36-31-26-21(23-11-6-7-16-34(23)31)14-15-22(30-33-32-29(38-30)20-9-4-3-5-10-20)28(26)37-25-13-8-12-24(27(25)31)35(18)36/h3-17H,1-2H3/q+2. The number of nitrogens with zero attached hydrogens (tertiary/aromatic N) is 5. The van der Waals surface area contributed by atoms with Gasteiger partial charge in [-0.25, -0.2) is 0 Å². The third-order valence-corrected chi connectivity index (χ3v) is 8.05. The van der Waals surface area contributed by atoms with Crippen LogP contribution in [-0.2, 0) is 5.66 Å². The van der Waals surface area contributed by atoms with E-state index in [2.05, 4.69) is 92.7 Å². The van der Waals surface area contributed by atoms with Crippen LogP contribution in [0.2, 0.25) is 0 Å². The second-order valence-corrected chi connectivity index (χ2v) is 10.1. The first-order chi connectivity index (χ1) is 18.7. The first kappa shape index (κ1) is 20.1. The van der Waals surface area contributed by atoms with Gasteiger partial charge in [-0.2, -0.15) is 0 Å². The minimum Gasteiger partial charge on any atom is -0.455 e. The molecule has 1 unspecified atom stereocenters. The maximum absolute atomic E-state index is 6.80. The van der Waals surface area contributed by atoms with Crippen LogP contribution in [0, 0.1) is 13.8 Å². The molecule has 0 amide bonds. The SMILES string of the molecule is Cc1cc(C)[n+]2n1-c1cccc3c1C21c2c(ccc(-c4nnc(-c5ccccc5)o4)c2O3)-c2cccc[n+]21. The highest BCUT2D eigenvalue weighted by atomic mass is 16.5. The summed E-state index contributed by atoms with van der Waals surface area (Å²) in [6.45, 7) is 4.33. The van der Waals surface area contributed by atoms with Crippen LogP contribution in [0.3, 0.4) is 0 Å². The van der Waals surface area contributed by atoms with Gasteiger partial charge < -0.3 is 9.15 Å². The molecule has 0 bridgehead atoms. The zero-order chi connectivity index (χ0) is 25.2. The molecule has 3 aromatic carbocycles. The lowest BCUT2D eigenvalue weighted by Crippen LogP contribution is -2.74. The number of aromatic nitrogens is 5. The first-order valence-electron chi connectivity index (χ1n) is 12.7. The van der Waals surface area contributed by atoms with Gasteiger partial charge in [0.2, 0.25) is 17.3 Å². The second kappa shape index (κ2) is 6.63. The summed E-state index contributed by atoms with van der Waals surface area (Å²) in [4.78, 5) is 0. The molecule has 0 fully saturated rings. The predicted molar refractivity (Wildman–Crippen MR) is 138 cm³/mol. The van der Waals surface area contributed by atoms with E-state index < -0.39 is 5.66 Å². The summed E-state index contributed by atoms with van der Waals surface area (Å²) in [5.41, 5.74) is 8.99. The van der Waals surface area contributed by atoms with Gasteiger partial charge in [-0.05, 0) is 54.1 Å². The monoisotopic (exact) mass is 495 g/mol. The smallest absolute Gasteiger partial charge is 0.447 e. The molecule has 0 N–H and O–H groups in total. The van der Waals surface area contributed by atoms with E-state index in [4.69, 9.17) is 9.15 Å². The van der Waals surface area contributed by atoms with Crippen molar-refractivity contribution in [3.63, 3.8) is 0 Å². The van der Waals surface area contributed by atoms with Crippen LogP contribution in [0.25, 0.3) is 39.9 Å². The fourth-order valence-corrected chi connectivity index (χ4v) is 6.75. The highest BCUT2D eigenvalue weighted by molar-refractivity contribution is 5.82. The van der Waals surface area contributed by atoms with Crippen LogP contribution < -0.4 is 14.0 Å². The van der Waals surface area contributed by atoms with Crippen LogP contribution in [0.5, 0.6) is 11.5 Å². The summed E-state index contributed by atoms with van der Waals surface area (Å²) < 4.78 is 20.1. The number of aryl methyl sites for hydroxylation is 2. The van der Waals surface area contributed by atoms with Gasteiger partial charge in [0.1, 0.15) is 11.4 Å². The van der Waals surface area contributed by atoms with Crippen LogP contribution in [0.4, 0.5) is 0 Å². The van der Waals surface area contributed by atoms with Crippen LogP contribution in [-0.4, -0.2) is 14.9 Å². The molecule has 6 heterocycles. The average molecular weight is 496 g/mol. The number of hydrogen-bond acceptors (Lipinski definition) is 4. The fraction of sp³-hybridized carbons (Fsp3) is 0.0968. The zero-order valence-electron chi connectivity index (χ0n) is 20.7. The van der Waals surface area contributed by atoms with E-state index in [1.54, 1.807) is 0 Å². The van der Waals surface area contributed by atoms with Gasteiger partial charge in [0, 0.05) is 30.7 Å². The quantitative estimate of drug-likeness (QED) is 0.314. The number of hydrogen-bond donors (Lipinski definition) is 0. The van der Waals surface area contributed by atoms with E-state index in [0.717, 1.165) is 50.7 Å². The summed E-state index contributed by atoms with van der Waals surface area (Å²) >= 11 is 0. The highest BCUT2D eigenvalue weighted by Crippen LogP contribution is 2.57. The molecule has 7 heteroatoms. The van der Waals surface area contributed by atoms with E-state index in [1.165, 1.54) is 11.4 Å². The normalized spacial score (nSPS) is 17.0. The van der Waals surface area contributed by atoms with E-state index in [0.29, 0.717) is 11.8 Å². The van der Waals surface area contributed by atoms with Gasteiger partial charge in [0.25, 0.3) is 5.89 Å². The topological polar surface area (TPSA) is 60.8 Å². The Morgan fingerprint density at radius 1 is 0.789 bits per heavy atom. The van der Waals surface area contributed by atoms with Crippen molar-refractivity contribution in [3.8, 4) is 51.4 Å². The lowest BCUT2D eigenvalue weighted by Gasteiger charge is -2.25. The zero-order valence-corrected chi connectivity index (χ0v) is 20.7. The summed E-state index contributed by atoms with van der Waals surface area (Å²) in [6.07, 6.45) is 2.18. The molecule has 9 rings (SSSR count). The second-order valence-electron chi connectivity index (χ2n) is 10.1. The highest BCUT2D eigenvalue weighted by Gasteiger charge is 2.73. The molecule has 3 aliphatic heterocycles. The molecule has 0 saturated heterocycles. The summed E-state index contributed by atoms with van der Waals surface area (Å²) in [5.74, 6) is 2.49. The third-order valence-electron chi connectivity index (χ3n) is 8.05. The Morgan fingerprint density at radius 2 is 1.61 bits per heavy atom. The van der Waals surface area contributed by atoms with Crippen molar-refractivity contribution in [1.82, 2.24) is 14.9 Å². The Balaban J connectivity index is 1.40. The molecule has 7 nitrogen and oxygen atoms in total. The molecule has 0 aliphatic carbocycles. The number of pyridine rings is 1. The summed E-state index contributed by atoms with van der Waals surface area (Å²) in [6, 6.07) is 28.9. The van der Waals surface area contributed by atoms with Crippen molar-refractivity contribution in [3.05, 3.63) is 114 Å². The molecule has 3 aliphatic rings. The Hall–Kier alpha value is -5.04. The Kier molecular flexibility index (Phi) is 3.50. The van der Waals surface area contributed by atoms with Crippen LogP contribution in [0.1, 0.15) is 22.5 Å². The van der Waals surface area contributed by atoms with Crippen molar-refractivity contribution in [2.75, 3.05) is 0 Å². The van der Waals surface area contributed by atoms with Gasteiger partial charge in [0.15, 0.2) is 23.1 Å². The summed E-state index contributed by atoms with van der Waals surface area (Å²) in [7, 11) is 0. The predicted octanol–water partition coefficient (Wildman–Crippen LogP) is 5.08. The van der Waals surface area contributed by atoms with Crippen LogP contribution in [0.15, 0.2) is 95.5 Å². The first-order valence-corrected chi connectivity index (χ1v) is 12.7. The molecule has 3 aromatic heterocycles. The van der Waals surface area contributed by atoms with E-state index >= 15 is 0 Å². The minimum absolute atomic E-state index is 0.434. The number of rotatable bonds is 2. The van der Waals surface area contributed by atoms with E-state index in [-0.39, 0.29) is 0 Å². The van der Waals surface area contributed by atoms with E-state index in [9.17, 15) is 0 Å². The van der Waals surface area contributed by atoms with Crippen molar-refractivity contribution < 1.29 is 18.4 Å². The molecule has 1 atom stereocenters. The maximum atomic E-state index is 6.80. The van der Waals surface area contributed by atoms with E-state index in [1.807, 2.05) is 36.4 Å². The summed E-state index contributed by atoms with van der Waals surface area (Å²) in [5, 5.41) is 8.83. The Bertz CT molecular complexity index is 1990. The lowest BCUT2D eigenvalue weighted by molar-refractivity contribution is -0.990. The average Bonchev–Trinajstić information content (AvgIpc) is 3.70. The number of ether oxygens (including phenoxy) is 1. The molecular formula is C31H21N5O2+2. The fourth-order valence-electron chi connectivity index (χ4n) is 6.75. The molecular weight excluding hydrogens is 474 g/mol. The minimum atomic E-state index is -0.637.